The van der Waals surface area contributed by atoms with Crippen molar-refractivity contribution in [3.8, 4) is 12.4 Å². The zero-order chi connectivity index (χ0) is 28.9. The molecule has 0 radical (unpaired) electrons. The molecule has 0 bridgehead atoms. The van der Waals surface area contributed by atoms with Gasteiger partial charge in [0.05, 0.1) is 17.0 Å². The fourth-order valence-corrected chi connectivity index (χ4v) is 6.31. The zero-order valence-corrected chi connectivity index (χ0v) is 24.1. The minimum absolute atomic E-state index is 0.132. The van der Waals surface area contributed by atoms with Gasteiger partial charge in [-0.15, -0.1) is 0 Å². The van der Waals surface area contributed by atoms with Crippen LogP contribution in [0.25, 0.3) is 10.8 Å². The summed E-state index contributed by atoms with van der Waals surface area (Å²) < 4.78 is 30.1. The molecular weight excluding hydrogens is 528 g/mol. The molecule has 1 heterocycles. The Labute approximate surface area is 235 Å². The highest BCUT2D eigenvalue weighted by atomic mass is 32.2. The lowest BCUT2D eigenvalue weighted by molar-refractivity contribution is 0.560. The van der Waals surface area contributed by atoms with E-state index in [1.807, 2.05) is 46.1 Å². The Bertz CT molecular complexity index is 1500. The number of fused-ring (bicyclic) bond motifs is 3. The normalized spacial score (nSPS) is 19.2. The van der Waals surface area contributed by atoms with Crippen molar-refractivity contribution in [3.05, 3.63) is 35.2 Å². The number of rotatable bonds is 9. The molecule has 2 atom stereocenters. The largest absolute Gasteiger partial charge is 0.356 e. The number of pyridine rings is 1. The van der Waals surface area contributed by atoms with Crippen LogP contribution in [0.5, 0.6) is 0 Å². The molecule has 1 saturated carbocycles. The van der Waals surface area contributed by atoms with Gasteiger partial charge in [-0.3, -0.25) is 15.6 Å². The Morgan fingerprint density at radius 2 is 1.65 bits per heavy atom. The Kier molecular flexibility index (Phi) is 9.07. The highest BCUT2D eigenvalue weighted by molar-refractivity contribution is 7.89. The van der Waals surface area contributed by atoms with Crippen LogP contribution in [-0.2, 0) is 10.0 Å². The molecule has 0 aliphatic heterocycles. The van der Waals surface area contributed by atoms with Gasteiger partial charge in [-0.25, -0.2) is 23.1 Å². The van der Waals surface area contributed by atoms with Gasteiger partial charge >= 0.3 is 0 Å². The summed E-state index contributed by atoms with van der Waals surface area (Å²) in [7, 11) is -3.87. The lowest BCUT2D eigenvalue weighted by atomic mass is 9.99. The molecule has 0 saturated heterocycles. The molecule has 5 N–H and O–H groups in total. The van der Waals surface area contributed by atoms with Crippen LogP contribution in [0.15, 0.2) is 33.2 Å². The molecule has 0 amide bonds. The van der Waals surface area contributed by atoms with Crippen LogP contribution >= 0.6 is 0 Å². The number of guanidine groups is 2. The van der Waals surface area contributed by atoms with E-state index in [2.05, 4.69) is 26.0 Å². The summed E-state index contributed by atoms with van der Waals surface area (Å²) in [4.78, 5) is 14.5. The predicted molar refractivity (Wildman–Crippen MR) is 154 cm³/mol. The van der Waals surface area contributed by atoms with Crippen molar-refractivity contribution in [3.63, 3.8) is 0 Å². The topological polar surface area (TPSA) is 179 Å². The summed E-state index contributed by atoms with van der Waals surface area (Å²) in [6.07, 6.45) is 8.04. The number of nitrogens with one attached hydrogen (secondary N) is 5. The van der Waals surface area contributed by atoms with Crippen LogP contribution in [0.2, 0.25) is 0 Å². The van der Waals surface area contributed by atoms with E-state index >= 15 is 0 Å². The van der Waals surface area contributed by atoms with Crippen LogP contribution in [0.1, 0.15) is 81.8 Å². The fourth-order valence-electron chi connectivity index (χ4n) is 4.86. The molecule has 2 aliphatic rings. The molecule has 1 aromatic carbocycles. The minimum atomic E-state index is -3.87. The van der Waals surface area contributed by atoms with Crippen LogP contribution in [0, 0.1) is 28.8 Å². The number of sulfonamides is 1. The third-order valence-corrected chi connectivity index (χ3v) is 8.25. The molecule has 1 fully saturated rings. The van der Waals surface area contributed by atoms with Gasteiger partial charge in [0.15, 0.2) is 12.4 Å². The van der Waals surface area contributed by atoms with Crippen molar-refractivity contribution in [2.24, 2.45) is 15.9 Å². The van der Waals surface area contributed by atoms with E-state index in [1.54, 1.807) is 12.3 Å². The molecule has 4 rings (SSSR count). The molecule has 0 spiro atoms. The average molecular weight is 565 g/mol. The van der Waals surface area contributed by atoms with Gasteiger partial charge in [-0.2, -0.15) is 10.5 Å². The maximum atomic E-state index is 13.7. The molecule has 212 valence electrons. The first-order valence-electron chi connectivity index (χ1n) is 13.6. The van der Waals surface area contributed by atoms with Gasteiger partial charge in [0, 0.05) is 54.6 Å². The van der Waals surface area contributed by atoms with Crippen LogP contribution < -0.4 is 26.0 Å². The average Bonchev–Trinajstić information content (AvgIpc) is 3.71. The molecule has 12 nitrogen and oxygen atoms in total. The second-order valence-corrected chi connectivity index (χ2v) is 12.0. The zero-order valence-electron chi connectivity index (χ0n) is 23.2. The Balaban J connectivity index is 1.98. The van der Waals surface area contributed by atoms with Gasteiger partial charge in [0.25, 0.3) is 0 Å². The first-order chi connectivity index (χ1) is 19.2. The summed E-state index contributed by atoms with van der Waals surface area (Å²) in [5, 5.41) is 31.1. The quantitative estimate of drug-likeness (QED) is 0.132. The van der Waals surface area contributed by atoms with Crippen molar-refractivity contribution in [1.82, 2.24) is 31.0 Å². The summed E-state index contributed by atoms with van der Waals surface area (Å²) in [5.74, 6) is 1.07. The van der Waals surface area contributed by atoms with E-state index in [0.29, 0.717) is 54.3 Å². The molecule has 0 unspecified atom stereocenters. The number of nitriles is 2. The molecule has 2 aliphatic carbocycles. The molecule has 13 heteroatoms. The summed E-state index contributed by atoms with van der Waals surface area (Å²) in [6, 6.07) is 2.64. The fraction of sp³-hybridized carbons (Fsp3) is 0.519. The first-order valence-corrected chi connectivity index (χ1v) is 15.1. The third kappa shape index (κ3) is 6.43. The molecule has 40 heavy (non-hydrogen) atoms. The van der Waals surface area contributed by atoms with Crippen LogP contribution in [0.4, 0.5) is 0 Å². The number of aromatic nitrogens is 1. The maximum absolute atomic E-state index is 13.7. The number of aliphatic imine (C=N–C) groups is 2. The Hall–Kier alpha value is -3.94. The van der Waals surface area contributed by atoms with Crippen LogP contribution in [-0.4, -0.2) is 45.0 Å². The molecular formula is C27H36N10O2S. The van der Waals surface area contributed by atoms with Crippen molar-refractivity contribution in [2.45, 2.75) is 69.9 Å². The number of benzene rings is 1. The predicted octanol–water partition coefficient (Wildman–Crippen LogP) is 2.60. The summed E-state index contributed by atoms with van der Waals surface area (Å²) in [6.45, 7) is 9.09. The van der Waals surface area contributed by atoms with E-state index in [9.17, 15) is 18.9 Å². The second-order valence-electron chi connectivity index (χ2n) is 10.3. The lowest BCUT2D eigenvalue weighted by Gasteiger charge is -2.17. The smallest absolute Gasteiger partial charge is 0.241 e. The monoisotopic (exact) mass is 564 g/mol. The molecule has 2 aromatic rings. The SMILES string of the molecule is CCNC(=N[C@@H]1C[C@@H](N=C(NC#N)NCC)c2c1cc(S(=O)(=O)NCC(C)C)c1cc(C3CC3)ncc21)NC#N. The number of hydrogen-bond donors (Lipinski definition) is 5. The Morgan fingerprint density at radius 3 is 2.20 bits per heavy atom. The highest BCUT2D eigenvalue weighted by Crippen LogP contribution is 2.49. The van der Waals surface area contributed by atoms with Crippen LogP contribution in [0.3, 0.4) is 0 Å². The highest BCUT2D eigenvalue weighted by Gasteiger charge is 2.37. The minimum Gasteiger partial charge on any atom is -0.356 e. The number of nitrogens with zero attached hydrogens (tertiary/aromatic N) is 5. The van der Waals surface area contributed by atoms with Gasteiger partial charge in [-0.1, -0.05) is 13.8 Å². The van der Waals surface area contributed by atoms with Crippen molar-refractivity contribution in [2.75, 3.05) is 19.6 Å². The van der Waals surface area contributed by atoms with E-state index < -0.39 is 22.1 Å². The maximum Gasteiger partial charge on any atom is 0.241 e. The summed E-state index contributed by atoms with van der Waals surface area (Å²) >= 11 is 0. The lowest BCUT2D eigenvalue weighted by Crippen LogP contribution is -2.35. The van der Waals surface area contributed by atoms with Gasteiger partial charge in [-0.05, 0) is 55.9 Å². The standard InChI is InChI=1S/C27H36N10O2S/c1-5-30-26(33-14-28)36-22-11-23(37-27(31-6-2)34-15-29)25-19(22)10-24(40(38,39)35-12-16(3)4)18-9-21(17-7-8-17)32-13-20(18)25/h9-10,13,16-17,22-23,35H,5-8,11-12H2,1-4H3,(H2,30,33,36)(H2,31,34,37)/t22-,23-/m1/s1. The van der Waals surface area contributed by atoms with E-state index in [-0.39, 0.29) is 16.8 Å². The Morgan fingerprint density at radius 1 is 1.02 bits per heavy atom. The van der Waals surface area contributed by atoms with E-state index in [4.69, 9.17) is 15.0 Å². The van der Waals surface area contributed by atoms with Crippen molar-refractivity contribution in [1.29, 1.82) is 10.5 Å². The van der Waals surface area contributed by atoms with Gasteiger partial charge < -0.3 is 10.6 Å². The number of hydrogen-bond acceptors (Lipinski definition) is 7. The first kappa shape index (κ1) is 29.1. The summed E-state index contributed by atoms with van der Waals surface area (Å²) in [5.41, 5.74) is 2.38. The third-order valence-electron chi connectivity index (χ3n) is 6.79. The van der Waals surface area contributed by atoms with Crippen molar-refractivity contribution >= 4 is 32.7 Å². The van der Waals surface area contributed by atoms with Gasteiger partial charge in [0.1, 0.15) is 0 Å². The second kappa shape index (κ2) is 12.5. The van der Waals surface area contributed by atoms with E-state index in [1.165, 1.54) is 0 Å². The van der Waals surface area contributed by atoms with Crippen molar-refractivity contribution < 1.29 is 8.42 Å². The van der Waals surface area contributed by atoms with Gasteiger partial charge in [0.2, 0.25) is 21.9 Å². The molecule has 1 aromatic heterocycles. The van der Waals surface area contributed by atoms with E-state index in [0.717, 1.165) is 24.1 Å².